The molecule has 0 aliphatic heterocycles. The van der Waals surface area contributed by atoms with Gasteiger partial charge in [0, 0.05) is 6.07 Å². The fraction of sp³-hybridized carbons (Fsp3) is 0.500. The van der Waals surface area contributed by atoms with Gasteiger partial charge in [-0.25, -0.2) is 0 Å². The third-order valence-corrected chi connectivity index (χ3v) is 4.22. The molecule has 1 unspecified atom stereocenters. The van der Waals surface area contributed by atoms with Crippen molar-refractivity contribution in [2.75, 3.05) is 5.43 Å². The van der Waals surface area contributed by atoms with Gasteiger partial charge in [0.05, 0.1) is 27.7 Å². The highest BCUT2D eigenvalue weighted by atomic mass is 16.6. The number of nitro benzene ring substituents is 2. The number of nitro groups is 2. The van der Waals surface area contributed by atoms with E-state index >= 15 is 0 Å². The molecule has 10 nitrogen and oxygen atoms in total. The summed E-state index contributed by atoms with van der Waals surface area (Å²) in [5, 5.41) is 26.1. The lowest BCUT2D eigenvalue weighted by molar-refractivity contribution is -0.393. The monoisotopic (exact) mass is 364 g/mol. The fourth-order valence-corrected chi connectivity index (χ4v) is 2.78. The van der Waals surface area contributed by atoms with Crippen LogP contribution in [0.3, 0.4) is 0 Å². The maximum absolute atomic E-state index is 12.4. The Balaban J connectivity index is 2.29. The summed E-state index contributed by atoms with van der Waals surface area (Å²) in [5.41, 5.74) is 1.38. The van der Waals surface area contributed by atoms with Crippen LogP contribution >= 0.6 is 0 Å². The summed E-state index contributed by atoms with van der Waals surface area (Å²) < 4.78 is 5.29. The van der Waals surface area contributed by atoms with Crippen molar-refractivity contribution in [3.63, 3.8) is 0 Å². The summed E-state index contributed by atoms with van der Waals surface area (Å²) in [5.74, 6) is -0.385. The Morgan fingerprint density at radius 1 is 1.31 bits per heavy atom. The number of non-ortho nitro benzene ring substituents is 1. The number of carbonyl (C=O) groups excluding carboxylic acids is 1. The highest BCUT2D eigenvalue weighted by Crippen LogP contribution is 2.37. The fourth-order valence-electron chi connectivity index (χ4n) is 2.78. The lowest BCUT2D eigenvalue weighted by atomic mass is 9.87. The second kappa shape index (κ2) is 7.46. The summed E-state index contributed by atoms with van der Waals surface area (Å²) >= 11 is 0. The minimum absolute atomic E-state index is 0.0135. The first kappa shape index (κ1) is 19.3. The molecule has 0 radical (unpaired) electrons. The average molecular weight is 364 g/mol. The van der Waals surface area contributed by atoms with E-state index in [9.17, 15) is 25.0 Å². The molecule has 0 amide bonds. The lowest BCUT2D eigenvalue weighted by Crippen LogP contribution is -2.35. The van der Waals surface area contributed by atoms with Crippen molar-refractivity contribution in [3.05, 3.63) is 38.4 Å². The molecule has 0 spiro atoms. The first-order chi connectivity index (χ1) is 12.1. The number of carbonyl (C=O) groups is 1. The van der Waals surface area contributed by atoms with Gasteiger partial charge in [0.1, 0.15) is 11.1 Å². The molecule has 0 heterocycles. The van der Waals surface area contributed by atoms with E-state index in [1.807, 2.05) is 0 Å². The van der Waals surface area contributed by atoms with Gasteiger partial charge in [-0.15, -0.1) is 0 Å². The van der Waals surface area contributed by atoms with E-state index in [4.69, 9.17) is 4.74 Å². The van der Waals surface area contributed by atoms with Crippen LogP contribution in [0.2, 0.25) is 0 Å². The number of rotatable bonds is 6. The normalized spacial score (nSPS) is 21.0. The van der Waals surface area contributed by atoms with Crippen LogP contribution in [0, 0.1) is 25.6 Å². The third-order valence-electron chi connectivity index (χ3n) is 4.22. The van der Waals surface area contributed by atoms with Crippen molar-refractivity contribution in [2.45, 2.75) is 46.1 Å². The number of nitrogens with one attached hydrogen (secondary N) is 1. The number of ether oxygens (including phenoxy) is 1. The Kier molecular flexibility index (Phi) is 5.53. The van der Waals surface area contributed by atoms with Gasteiger partial charge >= 0.3 is 11.7 Å². The lowest BCUT2D eigenvalue weighted by Gasteiger charge is -2.24. The Bertz CT molecular complexity index is 776. The Morgan fingerprint density at radius 3 is 2.58 bits per heavy atom. The summed E-state index contributed by atoms with van der Waals surface area (Å²) in [4.78, 5) is 32.9. The van der Waals surface area contributed by atoms with E-state index in [0.29, 0.717) is 18.6 Å². The molecule has 1 aromatic carbocycles. The molecule has 1 N–H and O–H groups in total. The minimum atomic E-state index is -0.896. The van der Waals surface area contributed by atoms with Crippen molar-refractivity contribution >= 4 is 28.7 Å². The topological polar surface area (TPSA) is 137 Å². The van der Waals surface area contributed by atoms with E-state index in [-0.39, 0.29) is 23.4 Å². The second-order valence-electron chi connectivity index (χ2n) is 6.53. The maximum atomic E-state index is 12.4. The van der Waals surface area contributed by atoms with Gasteiger partial charge in [0.25, 0.3) is 5.69 Å². The molecule has 1 fully saturated rings. The first-order valence-corrected chi connectivity index (χ1v) is 8.12. The molecule has 0 aromatic heterocycles. The molecule has 10 heteroatoms. The van der Waals surface area contributed by atoms with Crippen LogP contribution in [0.25, 0.3) is 0 Å². The first-order valence-electron chi connectivity index (χ1n) is 8.12. The molecule has 1 saturated carbocycles. The summed E-state index contributed by atoms with van der Waals surface area (Å²) in [7, 11) is 0. The molecule has 0 saturated heterocycles. The van der Waals surface area contributed by atoms with E-state index in [1.54, 1.807) is 20.8 Å². The van der Waals surface area contributed by atoms with Gasteiger partial charge < -0.3 is 4.74 Å². The highest BCUT2D eigenvalue weighted by molar-refractivity contribution is 6.08. The molecular weight excluding hydrogens is 344 g/mol. The number of hydrogen-bond acceptors (Lipinski definition) is 8. The number of hydrazone groups is 1. The Hall–Kier alpha value is -3.04. The molecule has 0 bridgehead atoms. The van der Waals surface area contributed by atoms with Crippen molar-refractivity contribution in [3.8, 4) is 0 Å². The van der Waals surface area contributed by atoms with Crippen molar-refractivity contribution in [1.29, 1.82) is 0 Å². The third kappa shape index (κ3) is 3.95. The van der Waals surface area contributed by atoms with Crippen molar-refractivity contribution < 1.29 is 19.4 Å². The molecule has 1 aliphatic rings. The van der Waals surface area contributed by atoms with Crippen molar-refractivity contribution in [2.24, 2.45) is 10.5 Å². The van der Waals surface area contributed by atoms with E-state index in [0.717, 1.165) is 18.6 Å². The van der Waals surface area contributed by atoms with Crippen LogP contribution in [0.5, 0.6) is 0 Å². The number of nitrogens with zero attached hydrogens (tertiary/aromatic N) is 3. The van der Waals surface area contributed by atoms with Crippen LogP contribution in [0.15, 0.2) is 23.3 Å². The average Bonchev–Trinajstić information content (AvgIpc) is 2.94. The minimum Gasteiger partial charge on any atom is -0.462 e. The van der Waals surface area contributed by atoms with Crippen molar-refractivity contribution in [1.82, 2.24) is 0 Å². The molecule has 1 atom stereocenters. The zero-order valence-corrected chi connectivity index (χ0v) is 14.7. The van der Waals surface area contributed by atoms with Gasteiger partial charge in [0.2, 0.25) is 0 Å². The number of benzene rings is 1. The molecule has 1 aromatic rings. The standard InChI is InChI=1S/C16H20N4O6/c1-10(2)26-15(21)16(3)8-4-5-14(16)18-17-12-7-6-11(19(22)23)9-13(12)20(24)25/h6-7,9-10,17H,4-5,8H2,1-3H3/b18-14+. The van der Waals surface area contributed by atoms with Crippen LogP contribution in [0.4, 0.5) is 17.1 Å². The molecule has 140 valence electrons. The predicted molar refractivity (Wildman–Crippen MR) is 94.0 cm³/mol. The second-order valence-corrected chi connectivity index (χ2v) is 6.53. The largest absolute Gasteiger partial charge is 0.462 e. The SMILES string of the molecule is CC(C)OC(=O)C1(C)CCC/C1=N\Nc1ccc([N+](=O)[O-])cc1[N+](=O)[O-]. The maximum Gasteiger partial charge on any atom is 0.317 e. The smallest absolute Gasteiger partial charge is 0.317 e. The van der Waals surface area contributed by atoms with E-state index in [2.05, 4.69) is 10.5 Å². The summed E-state index contributed by atoms with van der Waals surface area (Å²) in [6.45, 7) is 5.24. The molecule has 26 heavy (non-hydrogen) atoms. The van der Waals surface area contributed by atoms with Crippen LogP contribution in [0.1, 0.15) is 40.0 Å². The van der Waals surface area contributed by atoms with E-state index in [1.165, 1.54) is 6.07 Å². The van der Waals surface area contributed by atoms with Gasteiger partial charge in [-0.3, -0.25) is 30.4 Å². The quantitative estimate of drug-likeness (QED) is 0.464. The number of hydrogen-bond donors (Lipinski definition) is 1. The van der Waals surface area contributed by atoms with Gasteiger partial charge in [0.15, 0.2) is 0 Å². The summed E-state index contributed by atoms with van der Waals surface area (Å²) in [6, 6.07) is 3.23. The van der Waals surface area contributed by atoms with Gasteiger partial charge in [-0.05, 0) is 46.1 Å². The Morgan fingerprint density at radius 2 is 2.00 bits per heavy atom. The van der Waals surface area contributed by atoms with Crippen LogP contribution in [-0.2, 0) is 9.53 Å². The molecular formula is C16H20N4O6. The molecule has 2 rings (SSSR count). The Labute approximate surface area is 149 Å². The van der Waals surface area contributed by atoms with E-state index < -0.39 is 20.9 Å². The predicted octanol–water partition coefficient (Wildman–Crippen LogP) is 3.41. The number of anilines is 1. The zero-order chi connectivity index (χ0) is 19.5. The zero-order valence-electron chi connectivity index (χ0n) is 14.7. The summed E-state index contributed by atoms with van der Waals surface area (Å²) in [6.07, 6.45) is 1.61. The van der Waals surface area contributed by atoms with Crippen LogP contribution < -0.4 is 5.43 Å². The van der Waals surface area contributed by atoms with Crippen LogP contribution in [-0.4, -0.2) is 27.6 Å². The van der Waals surface area contributed by atoms with Gasteiger partial charge in [-0.2, -0.15) is 5.10 Å². The number of esters is 1. The highest BCUT2D eigenvalue weighted by Gasteiger charge is 2.44. The molecule has 1 aliphatic carbocycles. The van der Waals surface area contributed by atoms with Gasteiger partial charge in [-0.1, -0.05) is 0 Å².